The molecule has 2 heterocycles. The van der Waals surface area contributed by atoms with E-state index < -0.39 is 0 Å². The molecule has 2 aliphatic heterocycles. The lowest BCUT2D eigenvalue weighted by molar-refractivity contribution is 0.327. The number of hydrogen-bond donors (Lipinski definition) is 1. The summed E-state index contributed by atoms with van der Waals surface area (Å²) in [6.07, 6.45) is 5.14. The summed E-state index contributed by atoms with van der Waals surface area (Å²) in [5, 5.41) is 3.49. The molecule has 2 nitrogen and oxygen atoms in total. The number of likely N-dealkylation sites (N-methyl/N-ethyl adjacent to an activating group) is 1. The van der Waals surface area contributed by atoms with Crippen LogP contribution in [0.3, 0.4) is 0 Å². The maximum atomic E-state index is 3.49. The van der Waals surface area contributed by atoms with Crippen molar-refractivity contribution in [2.75, 3.05) is 31.6 Å². The first-order valence-electron chi connectivity index (χ1n) is 7.85. The summed E-state index contributed by atoms with van der Waals surface area (Å²) in [7, 11) is 2.28. The van der Waals surface area contributed by atoms with Gasteiger partial charge in [-0.25, -0.2) is 0 Å². The Morgan fingerprint density at radius 2 is 2.05 bits per heavy atom. The van der Waals surface area contributed by atoms with Gasteiger partial charge in [0.2, 0.25) is 0 Å². The third-order valence-corrected chi connectivity index (χ3v) is 4.87. The Kier molecular flexibility index (Phi) is 3.79. The zero-order valence-corrected chi connectivity index (χ0v) is 12.3. The molecule has 0 radical (unpaired) electrons. The number of hydrogen-bond acceptors (Lipinski definition) is 2. The minimum absolute atomic E-state index is 0.763. The van der Waals surface area contributed by atoms with Crippen molar-refractivity contribution < 1.29 is 0 Å². The SMILES string of the molecule is CCCc1cccc2c1N(C)CC2C1CCNCC1. The number of para-hydroxylation sites is 1. The van der Waals surface area contributed by atoms with E-state index in [1.807, 2.05) is 0 Å². The van der Waals surface area contributed by atoms with E-state index >= 15 is 0 Å². The zero-order valence-electron chi connectivity index (χ0n) is 12.3. The molecule has 0 bridgehead atoms. The van der Waals surface area contributed by atoms with Crippen LogP contribution >= 0.6 is 0 Å². The molecule has 1 saturated heterocycles. The smallest absolute Gasteiger partial charge is 0.0432 e. The topological polar surface area (TPSA) is 15.3 Å². The van der Waals surface area contributed by atoms with Crippen LogP contribution in [0, 0.1) is 5.92 Å². The van der Waals surface area contributed by atoms with Crippen LogP contribution in [-0.2, 0) is 6.42 Å². The second kappa shape index (κ2) is 5.54. The molecule has 3 rings (SSSR count). The van der Waals surface area contributed by atoms with Gasteiger partial charge in [-0.2, -0.15) is 0 Å². The van der Waals surface area contributed by atoms with Crippen molar-refractivity contribution in [1.82, 2.24) is 5.32 Å². The molecule has 0 spiro atoms. The van der Waals surface area contributed by atoms with Crippen molar-refractivity contribution in [2.24, 2.45) is 5.92 Å². The van der Waals surface area contributed by atoms with Crippen molar-refractivity contribution in [3.05, 3.63) is 29.3 Å². The van der Waals surface area contributed by atoms with Gasteiger partial charge in [0.15, 0.2) is 0 Å². The molecule has 104 valence electrons. The quantitative estimate of drug-likeness (QED) is 0.896. The van der Waals surface area contributed by atoms with E-state index in [-0.39, 0.29) is 0 Å². The van der Waals surface area contributed by atoms with Crippen LogP contribution in [0.1, 0.15) is 43.2 Å². The average molecular weight is 258 g/mol. The third-order valence-electron chi connectivity index (χ3n) is 4.87. The van der Waals surface area contributed by atoms with Gasteiger partial charge < -0.3 is 10.2 Å². The van der Waals surface area contributed by atoms with Gasteiger partial charge in [-0.3, -0.25) is 0 Å². The number of nitrogens with zero attached hydrogens (tertiary/aromatic N) is 1. The molecular formula is C17H26N2. The molecule has 1 unspecified atom stereocenters. The molecule has 2 heteroatoms. The molecule has 1 aromatic rings. The number of fused-ring (bicyclic) bond motifs is 1. The molecular weight excluding hydrogens is 232 g/mol. The van der Waals surface area contributed by atoms with Gasteiger partial charge >= 0.3 is 0 Å². The highest BCUT2D eigenvalue weighted by Gasteiger charge is 2.34. The van der Waals surface area contributed by atoms with Gasteiger partial charge in [-0.15, -0.1) is 0 Å². The number of nitrogens with one attached hydrogen (secondary N) is 1. The van der Waals surface area contributed by atoms with Crippen LogP contribution in [0.2, 0.25) is 0 Å². The highest BCUT2D eigenvalue weighted by molar-refractivity contribution is 5.65. The molecule has 1 aromatic carbocycles. The Morgan fingerprint density at radius 3 is 2.79 bits per heavy atom. The van der Waals surface area contributed by atoms with Crippen LogP contribution in [-0.4, -0.2) is 26.7 Å². The molecule has 1 fully saturated rings. The van der Waals surface area contributed by atoms with E-state index in [2.05, 4.69) is 42.4 Å². The summed E-state index contributed by atoms with van der Waals surface area (Å²) in [5.41, 5.74) is 4.73. The lowest BCUT2D eigenvalue weighted by Crippen LogP contribution is -2.32. The van der Waals surface area contributed by atoms with Crippen LogP contribution < -0.4 is 10.2 Å². The van der Waals surface area contributed by atoms with Gasteiger partial charge in [0, 0.05) is 25.2 Å². The largest absolute Gasteiger partial charge is 0.374 e. The fraction of sp³-hybridized carbons (Fsp3) is 0.647. The molecule has 0 saturated carbocycles. The predicted molar refractivity (Wildman–Crippen MR) is 82.0 cm³/mol. The summed E-state index contributed by atoms with van der Waals surface area (Å²) in [5.74, 6) is 1.64. The van der Waals surface area contributed by atoms with E-state index in [1.54, 1.807) is 16.8 Å². The maximum absolute atomic E-state index is 3.49. The van der Waals surface area contributed by atoms with Gasteiger partial charge in [0.25, 0.3) is 0 Å². The van der Waals surface area contributed by atoms with Crippen molar-refractivity contribution in [3.63, 3.8) is 0 Å². The number of piperidine rings is 1. The normalized spacial score (nSPS) is 23.7. The Morgan fingerprint density at radius 1 is 1.26 bits per heavy atom. The summed E-state index contributed by atoms with van der Waals surface area (Å²) in [6.45, 7) is 5.91. The number of anilines is 1. The van der Waals surface area contributed by atoms with Gasteiger partial charge in [-0.05, 0) is 49.4 Å². The van der Waals surface area contributed by atoms with Gasteiger partial charge in [0.1, 0.15) is 0 Å². The van der Waals surface area contributed by atoms with Crippen molar-refractivity contribution >= 4 is 5.69 Å². The molecule has 2 aliphatic rings. The monoisotopic (exact) mass is 258 g/mol. The minimum atomic E-state index is 0.763. The Balaban J connectivity index is 1.90. The molecule has 1 N–H and O–H groups in total. The number of benzene rings is 1. The molecule has 19 heavy (non-hydrogen) atoms. The summed E-state index contributed by atoms with van der Waals surface area (Å²) in [6, 6.07) is 6.98. The predicted octanol–water partition coefficient (Wildman–Crippen LogP) is 3.17. The fourth-order valence-electron chi connectivity index (χ4n) is 3.98. The van der Waals surface area contributed by atoms with E-state index in [0.29, 0.717) is 0 Å². The fourth-order valence-corrected chi connectivity index (χ4v) is 3.98. The van der Waals surface area contributed by atoms with Crippen LogP contribution in [0.5, 0.6) is 0 Å². The Bertz CT molecular complexity index is 435. The number of aryl methyl sites for hydroxylation is 1. The van der Waals surface area contributed by atoms with Crippen molar-refractivity contribution in [2.45, 2.75) is 38.5 Å². The lowest BCUT2D eigenvalue weighted by Gasteiger charge is -2.28. The van der Waals surface area contributed by atoms with Crippen LogP contribution in [0.25, 0.3) is 0 Å². The van der Waals surface area contributed by atoms with Gasteiger partial charge in [0.05, 0.1) is 0 Å². The summed E-state index contributed by atoms with van der Waals surface area (Å²) >= 11 is 0. The first-order chi connectivity index (χ1) is 9.31. The second-order valence-corrected chi connectivity index (χ2v) is 6.18. The molecule has 0 aromatic heterocycles. The van der Waals surface area contributed by atoms with E-state index in [0.717, 1.165) is 11.8 Å². The first kappa shape index (κ1) is 13.0. The summed E-state index contributed by atoms with van der Waals surface area (Å²) < 4.78 is 0. The van der Waals surface area contributed by atoms with Crippen molar-refractivity contribution in [1.29, 1.82) is 0 Å². The maximum Gasteiger partial charge on any atom is 0.0432 e. The molecule has 0 amide bonds. The summed E-state index contributed by atoms with van der Waals surface area (Å²) in [4.78, 5) is 2.51. The second-order valence-electron chi connectivity index (χ2n) is 6.18. The third kappa shape index (κ3) is 2.38. The first-order valence-corrected chi connectivity index (χ1v) is 7.85. The van der Waals surface area contributed by atoms with Crippen LogP contribution in [0.4, 0.5) is 5.69 Å². The van der Waals surface area contributed by atoms with Gasteiger partial charge in [-0.1, -0.05) is 31.5 Å². The highest BCUT2D eigenvalue weighted by Crippen LogP contribution is 2.44. The lowest BCUT2D eigenvalue weighted by atomic mass is 9.81. The van der Waals surface area contributed by atoms with E-state index in [1.165, 1.54) is 45.3 Å². The molecule has 1 atom stereocenters. The van der Waals surface area contributed by atoms with E-state index in [9.17, 15) is 0 Å². The Hall–Kier alpha value is -1.02. The van der Waals surface area contributed by atoms with E-state index in [4.69, 9.17) is 0 Å². The van der Waals surface area contributed by atoms with Crippen molar-refractivity contribution in [3.8, 4) is 0 Å². The molecule has 0 aliphatic carbocycles. The average Bonchev–Trinajstić information content (AvgIpc) is 2.79. The minimum Gasteiger partial charge on any atom is -0.374 e. The standard InChI is InChI=1S/C17H26N2/c1-3-5-14-6-4-7-15-16(12-19(2)17(14)15)13-8-10-18-11-9-13/h4,6-7,13,16,18H,3,5,8-12H2,1-2H3. The number of rotatable bonds is 3. The van der Waals surface area contributed by atoms with Crippen LogP contribution in [0.15, 0.2) is 18.2 Å². The zero-order chi connectivity index (χ0) is 13.2. The highest BCUT2D eigenvalue weighted by atomic mass is 15.1. The Labute approximate surface area is 117 Å².